The van der Waals surface area contributed by atoms with E-state index in [4.69, 9.17) is 9.26 Å². The number of halogens is 2. The van der Waals surface area contributed by atoms with Gasteiger partial charge >= 0.3 is 5.69 Å². The standard InChI is InChI=1S/C27H27F2N5O5/c1-17-30-25(31-39-17)19-4-2-18(3-5-19)15-33-26(36)23-12-21(38-22(13-28)14-29)6-7-24(23)34(27(33)37)20-8-10-32(16-35)11-9-20/h2-7,12,16,20,22H,8-11,13-15H2,1H3. The van der Waals surface area contributed by atoms with Crippen LogP contribution in [0.3, 0.4) is 0 Å². The van der Waals surface area contributed by atoms with Crippen LogP contribution in [0.5, 0.6) is 5.75 Å². The van der Waals surface area contributed by atoms with Gasteiger partial charge in [-0.2, -0.15) is 4.98 Å². The number of nitrogens with zero attached hydrogens (tertiary/aromatic N) is 5. The molecular formula is C27H27F2N5O5. The number of amides is 1. The summed E-state index contributed by atoms with van der Waals surface area (Å²) < 4.78 is 39.3. The molecule has 0 saturated carbocycles. The molecule has 4 aromatic rings. The number of hydrogen-bond acceptors (Lipinski definition) is 7. The van der Waals surface area contributed by atoms with Gasteiger partial charge in [-0.05, 0) is 36.6 Å². The zero-order chi connectivity index (χ0) is 27.5. The highest BCUT2D eigenvalue weighted by Crippen LogP contribution is 2.26. The number of rotatable bonds is 9. The highest BCUT2D eigenvalue weighted by Gasteiger charge is 2.25. The topological polar surface area (TPSA) is 112 Å². The van der Waals surface area contributed by atoms with E-state index in [1.807, 2.05) is 0 Å². The number of fused-ring (bicyclic) bond motifs is 1. The minimum absolute atomic E-state index is 0.00495. The number of hydrogen-bond donors (Lipinski definition) is 0. The summed E-state index contributed by atoms with van der Waals surface area (Å²) in [5.74, 6) is 0.995. The molecule has 2 aromatic heterocycles. The normalized spacial score (nSPS) is 14.3. The smallest absolute Gasteiger partial charge is 0.332 e. The quantitative estimate of drug-likeness (QED) is 0.301. The van der Waals surface area contributed by atoms with E-state index in [0.29, 0.717) is 48.7 Å². The van der Waals surface area contributed by atoms with Crippen molar-refractivity contribution in [2.45, 2.75) is 38.5 Å². The second-order valence-electron chi connectivity index (χ2n) is 9.48. The number of aryl methyl sites for hydroxylation is 1. The molecule has 3 heterocycles. The second-order valence-corrected chi connectivity index (χ2v) is 9.48. The van der Waals surface area contributed by atoms with Crippen molar-refractivity contribution in [3.05, 3.63) is 74.8 Å². The summed E-state index contributed by atoms with van der Waals surface area (Å²) in [6.07, 6.45) is 0.571. The molecule has 0 radical (unpaired) electrons. The van der Waals surface area contributed by atoms with Crippen LogP contribution in [0.1, 0.15) is 30.3 Å². The van der Waals surface area contributed by atoms with E-state index in [1.165, 1.54) is 12.1 Å². The van der Waals surface area contributed by atoms with Crippen molar-refractivity contribution in [3.63, 3.8) is 0 Å². The number of alkyl halides is 2. The van der Waals surface area contributed by atoms with Crippen molar-refractivity contribution in [3.8, 4) is 17.1 Å². The summed E-state index contributed by atoms with van der Waals surface area (Å²) in [6.45, 7) is 0.605. The van der Waals surface area contributed by atoms with Crippen LogP contribution in [0.15, 0.2) is 56.6 Å². The largest absolute Gasteiger partial charge is 0.485 e. The summed E-state index contributed by atoms with van der Waals surface area (Å²) in [5.41, 5.74) is 0.795. The lowest BCUT2D eigenvalue weighted by molar-refractivity contribution is -0.119. The van der Waals surface area contributed by atoms with Gasteiger partial charge in [0, 0.05) is 31.6 Å². The molecule has 12 heteroatoms. The first-order valence-corrected chi connectivity index (χ1v) is 12.6. The number of carbonyl (C=O) groups excluding carboxylic acids is 1. The number of ether oxygens (including phenoxy) is 1. The monoisotopic (exact) mass is 539 g/mol. The van der Waals surface area contributed by atoms with E-state index in [1.54, 1.807) is 46.7 Å². The summed E-state index contributed by atoms with van der Waals surface area (Å²) >= 11 is 0. The van der Waals surface area contributed by atoms with E-state index in [-0.39, 0.29) is 23.7 Å². The number of likely N-dealkylation sites (tertiary alicyclic amines) is 1. The van der Waals surface area contributed by atoms with E-state index in [9.17, 15) is 23.2 Å². The molecule has 0 N–H and O–H groups in total. The molecule has 10 nitrogen and oxygen atoms in total. The van der Waals surface area contributed by atoms with E-state index >= 15 is 0 Å². The third-order valence-corrected chi connectivity index (χ3v) is 6.88. The second kappa shape index (κ2) is 11.2. The molecule has 1 aliphatic heterocycles. The lowest BCUT2D eigenvalue weighted by atomic mass is 10.0. The van der Waals surface area contributed by atoms with Gasteiger partial charge in [0.15, 0.2) is 6.10 Å². The fourth-order valence-corrected chi connectivity index (χ4v) is 4.83. The van der Waals surface area contributed by atoms with E-state index in [0.717, 1.165) is 16.5 Å². The fourth-order valence-electron chi connectivity index (χ4n) is 4.83. The summed E-state index contributed by atoms with van der Waals surface area (Å²) in [4.78, 5) is 44.5. The molecule has 1 saturated heterocycles. The van der Waals surface area contributed by atoms with Gasteiger partial charge in [0.05, 0.1) is 17.4 Å². The minimum atomic E-state index is -1.29. The highest BCUT2D eigenvalue weighted by atomic mass is 19.1. The van der Waals surface area contributed by atoms with Crippen molar-refractivity contribution < 1.29 is 22.8 Å². The minimum Gasteiger partial charge on any atom is -0.485 e. The Morgan fingerprint density at radius 3 is 2.44 bits per heavy atom. The maximum Gasteiger partial charge on any atom is 0.332 e. The van der Waals surface area contributed by atoms with Crippen LogP contribution in [0.25, 0.3) is 22.3 Å². The number of piperidine rings is 1. The third kappa shape index (κ3) is 5.31. The van der Waals surface area contributed by atoms with Gasteiger partial charge in [-0.15, -0.1) is 0 Å². The van der Waals surface area contributed by atoms with Crippen molar-refractivity contribution in [2.24, 2.45) is 0 Å². The van der Waals surface area contributed by atoms with Crippen molar-refractivity contribution >= 4 is 17.3 Å². The molecule has 2 aromatic carbocycles. The Kier molecular flexibility index (Phi) is 7.53. The van der Waals surface area contributed by atoms with Gasteiger partial charge < -0.3 is 14.2 Å². The first kappa shape index (κ1) is 26.3. The Morgan fingerprint density at radius 2 is 1.82 bits per heavy atom. The molecule has 1 amide bonds. The maximum atomic E-state index is 13.8. The zero-order valence-corrected chi connectivity index (χ0v) is 21.3. The van der Waals surface area contributed by atoms with Crippen molar-refractivity contribution in [2.75, 3.05) is 26.4 Å². The number of carbonyl (C=O) groups is 1. The van der Waals surface area contributed by atoms with Gasteiger partial charge in [0.2, 0.25) is 18.1 Å². The van der Waals surface area contributed by atoms with Crippen molar-refractivity contribution in [1.82, 2.24) is 24.2 Å². The third-order valence-electron chi connectivity index (χ3n) is 6.88. The zero-order valence-electron chi connectivity index (χ0n) is 21.3. The van der Waals surface area contributed by atoms with Crippen LogP contribution < -0.4 is 16.0 Å². The molecule has 0 unspecified atom stereocenters. The van der Waals surface area contributed by atoms with Gasteiger partial charge in [0.1, 0.15) is 19.1 Å². The Labute approximate surface area is 221 Å². The van der Waals surface area contributed by atoms with Crippen LogP contribution in [-0.4, -0.2) is 63.1 Å². The summed E-state index contributed by atoms with van der Waals surface area (Å²) in [6, 6.07) is 11.3. The Morgan fingerprint density at radius 1 is 1.10 bits per heavy atom. The van der Waals surface area contributed by atoms with Crippen LogP contribution in [0.2, 0.25) is 0 Å². The first-order chi connectivity index (χ1) is 18.9. The molecule has 0 bridgehead atoms. The molecule has 1 aliphatic rings. The summed E-state index contributed by atoms with van der Waals surface area (Å²) in [5, 5.41) is 4.09. The number of aromatic nitrogens is 4. The first-order valence-electron chi connectivity index (χ1n) is 12.6. The van der Waals surface area contributed by atoms with Gasteiger partial charge in [0.25, 0.3) is 5.56 Å². The average Bonchev–Trinajstić information content (AvgIpc) is 3.41. The molecule has 39 heavy (non-hydrogen) atoms. The lowest BCUT2D eigenvalue weighted by Gasteiger charge is -2.31. The van der Waals surface area contributed by atoms with Crippen LogP contribution in [0, 0.1) is 6.92 Å². The van der Waals surface area contributed by atoms with Crippen LogP contribution in [-0.2, 0) is 11.3 Å². The van der Waals surface area contributed by atoms with Crippen LogP contribution >= 0.6 is 0 Å². The van der Waals surface area contributed by atoms with Crippen LogP contribution in [0.4, 0.5) is 8.78 Å². The molecule has 0 atom stereocenters. The predicted molar refractivity (Wildman–Crippen MR) is 138 cm³/mol. The molecule has 0 aliphatic carbocycles. The van der Waals surface area contributed by atoms with Gasteiger partial charge in [-0.1, -0.05) is 29.4 Å². The number of benzene rings is 2. The van der Waals surface area contributed by atoms with Crippen molar-refractivity contribution in [1.29, 1.82) is 0 Å². The SMILES string of the molecule is Cc1nc(-c2ccc(Cn3c(=O)c4cc(OC(CF)CF)ccc4n(C4CCN(C=O)CC4)c3=O)cc2)no1. The van der Waals surface area contributed by atoms with Gasteiger partial charge in [-0.3, -0.25) is 18.7 Å². The molecule has 0 spiro atoms. The fraction of sp³-hybridized carbons (Fsp3) is 0.370. The maximum absolute atomic E-state index is 13.8. The Hall–Kier alpha value is -4.35. The highest BCUT2D eigenvalue weighted by molar-refractivity contribution is 5.80. The predicted octanol–water partition coefficient (Wildman–Crippen LogP) is 3.05. The molecule has 5 rings (SSSR count). The molecule has 204 valence electrons. The van der Waals surface area contributed by atoms with Gasteiger partial charge in [-0.25, -0.2) is 13.6 Å². The average molecular weight is 540 g/mol. The Balaban J connectivity index is 1.57. The summed E-state index contributed by atoms with van der Waals surface area (Å²) in [7, 11) is 0. The lowest BCUT2D eigenvalue weighted by Crippen LogP contribution is -2.44. The Bertz CT molecular complexity index is 1590. The van der Waals surface area contributed by atoms with E-state index in [2.05, 4.69) is 10.1 Å². The van der Waals surface area contributed by atoms with E-state index < -0.39 is 30.7 Å². The molecular weight excluding hydrogens is 512 g/mol. The molecule has 1 fully saturated rings.